The van der Waals surface area contributed by atoms with Crippen LogP contribution in [0.5, 0.6) is 0 Å². The summed E-state index contributed by atoms with van der Waals surface area (Å²) >= 11 is 0. The topological polar surface area (TPSA) is 79.4 Å². The number of aliphatic hydroxyl groups excluding tert-OH is 1. The van der Waals surface area contributed by atoms with Gasteiger partial charge < -0.3 is 10.0 Å². The Morgan fingerprint density at radius 1 is 1.41 bits per heavy atom. The van der Waals surface area contributed by atoms with Gasteiger partial charge in [-0.15, -0.1) is 14.8 Å². The van der Waals surface area contributed by atoms with E-state index >= 15 is 0 Å². The van der Waals surface area contributed by atoms with Gasteiger partial charge >= 0.3 is 0 Å². The molecule has 3 heterocycles. The number of anilines is 1. The minimum absolute atomic E-state index is 0.217. The lowest BCUT2D eigenvalue weighted by atomic mass is 10.1. The minimum Gasteiger partial charge on any atom is -0.396 e. The first kappa shape index (κ1) is 10.4. The molecular formula is C10H14N6O. The first-order chi connectivity index (χ1) is 8.38. The highest BCUT2D eigenvalue weighted by Gasteiger charge is 2.25. The molecule has 2 aromatic rings. The third-order valence-electron chi connectivity index (χ3n) is 3.19. The molecule has 17 heavy (non-hydrogen) atoms. The van der Waals surface area contributed by atoms with Crippen molar-refractivity contribution in [1.82, 2.24) is 25.3 Å². The quantitative estimate of drug-likeness (QED) is 0.797. The molecule has 0 aliphatic carbocycles. The van der Waals surface area contributed by atoms with E-state index in [1.54, 1.807) is 0 Å². The number of hydrogen-bond acceptors (Lipinski definition) is 6. The second kappa shape index (κ2) is 4.25. The van der Waals surface area contributed by atoms with Gasteiger partial charge in [-0.1, -0.05) is 0 Å². The number of nitrogens with zero attached hydrogens (tertiary/aromatic N) is 6. The van der Waals surface area contributed by atoms with Crippen LogP contribution in [0.25, 0.3) is 5.65 Å². The van der Waals surface area contributed by atoms with E-state index in [1.807, 2.05) is 12.1 Å². The molecule has 0 radical (unpaired) electrons. The van der Waals surface area contributed by atoms with Crippen LogP contribution in [0.15, 0.2) is 12.1 Å². The third kappa shape index (κ3) is 1.82. The molecule has 1 atom stereocenters. The molecule has 0 bridgehead atoms. The lowest BCUT2D eigenvalue weighted by Crippen LogP contribution is -2.31. The average molecular weight is 234 g/mol. The maximum atomic E-state index is 9.05. The highest BCUT2D eigenvalue weighted by Crippen LogP contribution is 2.25. The Labute approximate surface area is 98.0 Å². The van der Waals surface area contributed by atoms with Crippen molar-refractivity contribution in [1.29, 1.82) is 0 Å². The van der Waals surface area contributed by atoms with E-state index in [1.165, 1.54) is 4.63 Å². The zero-order chi connectivity index (χ0) is 11.7. The Balaban J connectivity index is 1.91. The van der Waals surface area contributed by atoms with Gasteiger partial charge in [0.25, 0.3) is 0 Å². The molecule has 1 fully saturated rings. The monoisotopic (exact) mass is 234 g/mol. The fraction of sp³-hybridized carbons (Fsp3) is 0.600. The zero-order valence-electron chi connectivity index (χ0n) is 9.40. The molecule has 1 N–H and O–H groups in total. The van der Waals surface area contributed by atoms with E-state index in [4.69, 9.17) is 5.11 Å². The molecule has 1 aliphatic heterocycles. The van der Waals surface area contributed by atoms with Crippen LogP contribution in [0.4, 0.5) is 5.82 Å². The molecule has 0 spiro atoms. The Morgan fingerprint density at radius 3 is 3.24 bits per heavy atom. The van der Waals surface area contributed by atoms with Crippen LogP contribution >= 0.6 is 0 Å². The van der Waals surface area contributed by atoms with E-state index in [0.717, 1.165) is 31.6 Å². The van der Waals surface area contributed by atoms with Crippen LogP contribution in [0, 0.1) is 0 Å². The van der Waals surface area contributed by atoms with Crippen molar-refractivity contribution in [2.24, 2.45) is 0 Å². The van der Waals surface area contributed by atoms with Gasteiger partial charge in [-0.3, -0.25) is 0 Å². The highest BCUT2D eigenvalue weighted by atomic mass is 16.3. The van der Waals surface area contributed by atoms with Crippen molar-refractivity contribution < 1.29 is 5.11 Å². The fourth-order valence-electron chi connectivity index (χ4n) is 2.38. The Kier molecular flexibility index (Phi) is 2.60. The summed E-state index contributed by atoms with van der Waals surface area (Å²) in [6.45, 7) is 1.19. The number of aromatic nitrogens is 5. The lowest BCUT2D eigenvalue weighted by Gasteiger charge is -2.24. The lowest BCUT2D eigenvalue weighted by molar-refractivity contribution is 0.275. The Hall–Kier alpha value is -1.76. The van der Waals surface area contributed by atoms with E-state index in [9.17, 15) is 0 Å². The molecule has 1 unspecified atom stereocenters. The summed E-state index contributed by atoms with van der Waals surface area (Å²) in [6, 6.07) is 4.17. The van der Waals surface area contributed by atoms with E-state index in [-0.39, 0.29) is 6.61 Å². The second-order valence-corrected chi connectivity index (χ2v) is 4.22. The van der Waals surface area contributed by atoms with Crippen LogP contribution in [-0.2, 0) is 0 Å². The van der Waals surface area contributed by atoms with Crippen LogP contribution in [0.3, 0.4) is 0 Å². The second-order valence-electron chi connectivity index (χ2n) is 4.22. The van der Waals surface area contributed by atoms with Gasteiger partial charge in [0, 0.05) is 19.2 Å². The number of hydrogen-bond donors (Lipinski definition) is 1. The summed E-state index contributed by atoms with van der Waals surface area (Å²) in [6.07, 6.45) is 3.03. The smallest absolute Gasteiger partial charge is 0.200 e. The van der Waals surface area contributed by atoms with Gasteiger partial charge in [0.1, 0.15) is 0 Å². The summed E-state index contributed by atoms with van der Waals surface area (Å²) in [5, 5.41) is 24.6. The molecule has 3 rings (SSSR count). The highest BCUT2D eigenvalue weighted by molar-refractivity contribution is 5.45. The van der Waals surface area contributed by atoms with Gasteiger partial charge in [0.15, 0.2) is 11.5 Å². The van der Waals surface area contributed by atoms with Gasteiger partial charge in [-0.05, 0) is 41.8 Å². The molecule has 0 aromatic carbocycles. The molecule has 7 heteroatoms. The summed E-state index contributed by atoms with van der Waals surface area (Å²) in [5.74, 6) is 0.876. The normalized spacial score (nSPS) is 20.3. The van der Waals surface area contributed by atoms with Crippen molar-refractivity contribution >= 4 is 11.5 Å². The first-order valence-corrected chi connectivity index (χ1v) is 5.81. The maximum absolute atomic E-state index is 9.05. The summed E-state index contributed by atoms with van der Waals surface area (Å²) in [7, 11) is 0. The van der Waals surface area contributed by atoms with Crippen molar-refractivity contribution in [3.63, 3.8) is 0 Å². The fourth-order valence-corrected chi connectivity index (χ4v) is 2.38. The first-order valence-electron chi connectivity index (χ1n) is 5.81. The standard InChI is InChI=1S/C10H14N6O/c17-7-5-8-2-1-6-15(8)10-4-3-9-11-13-14-16(9)12-10/h3-4,8,17H,1-2,5-7H2. The van der Waals surface area contributed by atoms with Gasteiger partial charge in [0.2, 0.25) is 0 Å². The minimum atomic E-state index is 0.217. The molecular weight excluding hydrogens is 220 g/mol. The molecule has 0 saturated carbocycles. The number of rotatable bonds is 3. The molecule has 1 aliphatic rings. The van der Waals surface area contributed by atoms with Crippen molar-refractivity contribution in [2.75, 3.05) is 18.1 Å². The van der Waals surface area contributed by atoms with E-state index in [0.29, 0.717) is 11.7 Å². The molecule has 2 aromatic heterocycles. The number of fused-ring (bicyclic) bond motifs is 1. The van der Waals surface area contributed by atoms with Crippen molar-refractivity contribution in [3.8, 4) is 0 Å². The summed E-state index contributed by atoms with van der Waals surface area (Å²) in [5.41, 5.74) is 0.645. The average Bonchev–Trinajstić information content (AvgIpc) is 2.96. The molecule has 1 saturated heterocycles. The summed E-state index contributed by atoms with van der Waals surface area (Å²) in [4.78, 5) is 2.22. The van der Waals surface area contributed by atoms with Gasteiger partial charge in [0.05, 0.1) is 0 Å². The van der Waals surface area contributed by atoms with Gasteiger partial charge in [-0.2, -0.15) is 0 Å². The zero-order valence-corrected chi connectivity index (χ0v) is 9.40. The van der Waals surface area contributed by atoms with E-state index < -0.39 is 0 Å². The van der Waals surface area contributed by atoms with E-state index in [2.05, 4.69) is 25.5 Å². The molecule has 7 nitrogen and oxygen atoms in total. The number of tetrazole rings is 1. The molecule has 90 valence electrons. The third-order valence-corrected chi connectivity index (χ3v) is 3.19. The Morgan fingerprint density at radius 2 is 2.35 bits per heavy atom. The van der Waals surface area contributed by atoms with Gasteiger partial charge in [-0.25, -0.2) is 0 Å². The SMILES string of the molecule is OCCC1CCCN1c1ccc2nnnn2n1. The number of aliphatic hydroxyl groups is 1. The van der Waals surface area contributed by atoms with Crippen molar-refractivity contribution in [3.05, 3.63) is 12.1 Å². The van der Waals surface area contributed by atoms with Crippen LogP contribution in [0.1, 0.15) is 19.3 Å². The molecule has 0 amide bonds. The maximum Gasteiger partial charge on any atom is 0.200 e. The summed E-state index contributed by atoms with van der Waals surface area (Å²) < 4.78 is 1.43. The van der Waals surface area contributed by atoms with Crippen molar-refractivity contribution in [2.45, 2.75) is 25.3 Å². The van der Waals surface area contributed by atoms with Crippen LogP contribution < -0.4 is 4.90 Å². The van der Waals surface area contributed by atoms with Crippen LogP contribution in [0.2, 0.25) is 0 Å². The largest absolute Gasteiger partial charge is 0.396 e. The predicted octanol–water partition coefficient (Wildman–Crippen LogP) is -0.130. The van der Waals surface area contributed by atoms with Crippen LogP contribution in [-0.4, -0.2) is 49.6 Å². The Bertz CT molecular complexity index is 512. The predicted molar refractivity (Wildman–Crippen MR) is 60.6 cm³/mol.